The second-order valence-corrected chi connectivity index (χ2v) is 7.35. The molecule has 2 rings (SSSR count). The monoisotopic (exact) mass is 268 g/mol. The molecule has 100 valence electrons. The first-order valence-electron chi connectivity index (χ1n) is 6.15. The molecule has 0 aliphatic carbocycles. The van der Waals surface area contributed by atoms with Crippen molar-refractivity contribution < 1.29 is 8.42 Å². The first kappa shape index (κ1) is 13.4. The Balaban J connectivity index is 1.82. The van der Waals surface area contributed by atoms with Gasteiger partial charge in [-0.1, -0.05) is 18.2 Å². The zero-order valence-corrected chi connectivity index (χ0v) is 11.7. The summed E-state index contributed by atoms with van der Waals surface area (Å²) in [5, 5.41) is 3.47. The topological polar surface area (TPSA) is 49.4 Å². The zero-order chi connectivity index (χ0) is 13.2. The third kappa shape index (κ3) is 3.71. The molecular weight excluding hydrogens is 248 g/mol. The van der Waals surface area contributed by atoms with Crippen LogP contribution in [-0.2, 0) is 16.3 Å². The van der Waals surface area contributed by atoms with Gasteiger partial charge in [-0.2, -0.15) is 0 Å². The van der Waals surface area contributed by atoms with Crippen molar-refractivity contribution in [3.05, 3.63) is 29.8 Å². The van der Waals surface area contributed by atoms with E-state index in [0.29, 0.717) is 12.6 Å². The lowest BCUT2D eigenvalue weighted by molar-refractivity contribution is 0.337. The summed E-state index contributed by atoms with van der Waals surface area (Å²) in [7, 11) is -0.900. The maximum atomic E-state index is 11.1. The van der Waals surface area contributed by atoms with E-state index in [0.717, 1.165) is 13.0 Å². The molecule has 1 unspecified atom stereocenters. The van der Waals surface area contributed by atoms with Gasteiger partial charge < -0.3 is 10.2 Å². The van der Waals surface area contributed by atoms with Crippen molar-refractivity contribution in [2.75, 3.05) is 37.5 Å². The van der Waals surface area contributed by atoms with Gasteiger partial charge in [0.15, 0.2) is 0 Å². The van der Waals surface area contributed by atoms with Gasteiger partial charge in [-0.15, -0.1) is 0 Å². The lowest BCUT2D eigenvalue weighted by Crippen LogP contribution is -2.35. The summed E-state index contributed by atoms with van der Waals surface area (Å²) >= 11 is 0. The van der Waals surface area contributed by atoms with E-state index in [1.54, 1.807) is 0 Å². The highest BCUT2D eigenvalue weighted by atomic mass is 32.2. The third-order valence-corrected chi connectivity index (χ3v) is 4.14. The zero-order valence-electron chi connectivity index (χ0n) is 10.9. The lowest BCUT2D eigenvalue weighted by Gasteiger charge is -2.20. The Morgan fingerprint density at radius 1 is 1.39 bits per heavy atom. The number of hydrogen-bond acceptors (Lipinski definition) is 4. The van der Waals surface area contributed by atoms with Crippen LogP contribution < -0.4 is 5.32 Å². The van der Waals surface area contributed by atoms with Gasteiger partial charge in [0.05, 0.1) is 5.75 Å². The number of anilines is 1. The lowest BCUT2D eigenvalue weighted by atomic mass is 10.1. The summed E-state index contributed by atoms with van der Waals surface area (Å²) in [5.41, 5.74) is 2.55. The normalized spacial score (nSPS) is 18.7. The molecule has 0 saturated heterocycles. The van der Waals surface area contributed by atoms with Crippen LogP contribution >= 0.6 is 0 Å². The highest BCUT2D eigenvalue weighted by molar-refractivity contribution is 7.90. The van der Waals surface area contributed by atoms with Crippen molar-refractivity contribution in [3.63, 3.8) is 0 Å². The number of nitrogens with zero attached hydrogens (tertiary/aromatic N) is 1. The number of nitrogens with one attached hydrogen (secondary N) is 1. The number of hydrogen-bond donors (Lipinski definition) is 1. The minimum absolute atomic E-state index is 0.225. The quantitative estimate of drug-likeness (QED) is 0.865. The van der Waals surface area contributed by atoms with Crippen LogP contribution in [0, 0.1) is 0 Å². The second-order valence-electron chi connectivity index (χ2n) is 5.09. The standard InChI is InChI=1S/C13H20N2O2S/c1-15(7-8-18(2,16)17)10-12-9-11-5-3-4-6-13(11)14-12/h3-6,12,14H,7-10H2,1-2H3. The molecule has 18 heavy (non-hydrogen) atoms. The summed E-state index contributed by atoms with van der Waals surface area (Å²) in [5.74, 6) is 0.225. The van der Waals surface area contributed by atoms with Crippen LogP contribution in [-0.4, -0.2) is 51.5 Å². The van der Waals surface area contributed by atoms with E-state index in [2.05, 4.69) is 28.4 Å². The smallest absolute Gasteiger partial charge is 0.148 e. The Labute approximate surface area is 109 Å². The van der Waals surface area contributed by atoms with Crippen LogP contribution in [0.15, 0.2) is 24.3 Å². The number of benzene rings is 1. The number of fused-ring (bicyclic) bond motifs is 1. The minimum Gasteiger partial charge on any atom is -0.380 e. The van der Waals surface area contributed by atoms with Gasteiger partial charge in [-0.3, -0.25) is 0 Å². The Morgan fingerprint density at radius 3 is 2.78 bits per heavy atom. The fourth-order valence-electron chi connectivity index (χ4n) is 2.27. The number of likely N-dealkylation sites (N-methyl/N-ethyl adjacent to an activating group) is 1. The Morgan fingerprint density at radius 2 is 2.11 bits per heavy atom. The van der Waals surface area contributed by atoms with Crippen LogP contribution in [0.4, 0.5) is 5.69 Å². The molecule has 0 bridgehead atoms. The Bertz CT molecular complexity index is 488. The maximum absolute atomic E-state index is 11.1. The van der Waals surface area contributed by atoms with Crippen molar-refractivity contribution in [2.45, 2.75) is 12.5 Å². The molecule has 0 amide bonds. The van der Waals surface area contributed by atoms with Crippen molar-refractivity contribution >= 4 is 15.5 Å². The van der Waals surface area contributed by atoms with Crippen LogP contribution in [0.25, 0.3) is 0 Å². The first-order chi connectivity index (χ1) is 8.44. The van der Waals surface area contributed by atoms with Crippen molar-refractivity contribution in [2.24, 2.45) is 0 Å². The van der Waals surface area contributed by atoms with Gasteiger partial charge in [0.2, 0.25) is 0 Å². The molecule has 1 N–H and O–H groups in total. The van der Waals surface area contributed by atoms with Gasteiger partial charge in [0.25, 0.3) is 0 Å². The molecule has 1 aromatic carbocycles. The van der Waals surface area contributed by atoms with E-state index in [1.807, 2.05) is 13.1 Å². The van der Waals surface area contributed by atoms with Gasteiger partial charge in [-0.25, -0.2) is 8.42 Å². The summed E-state index contributed by atoms with van der Waals surface area (Å²) in [6.45, 7) is 1.46. The highest BCUT2D eigenvalue weighted by Gasteiger charge is 2.21. The summed E-state index contributed by atoms with van der Waals surface area (Å²) in [6.07, 6.45) is 2.30. The van der Waals surface area contributed by atoms with E-state index >= 15 is 0 Å². The van der Waals surface area contributed by atoms with Crippen molar-refractivity contribution in [1.82, 2.24) is 4.90 Å². The fraction of sp³-hybridized carbons (Fsp3) is 0.538. The van der Waals surface area contributed by atoms with E-state index < -0.39 is 9.84 Å². The van der Waals surface area contributed by atoms with Crippen molar-refractivity contribution in [1.29, 1.82) is 0 Å². The fourth-order valence-corrected chi connectivity index (χ4v) is 2.92. The first-order valence-corrected chi connectivity index (χ1v) is 8.21. The number of sulfone groups is 1. The number of para-hydroxylation sites is 1. The molecule has 1 atom stereocenters. The van der Waals surface area contributed by atoms with Crippen LogP contribution in [0.2, 0.25) is 0 Å². The molecule has 1 aromatic rings. The highest BCUT2D eigenvalue weighted by Crippen LogP contribution is 2.25. The van der Waals surface area contributed by atoms with Gasteiger partial charge in [-0.05, 0) is 25.1 Å². The molecule has 1 aliphatic rings. The van der Waals surface area contributed by atoms with Gasteiger partial charge >= 0.3 is 0 Å². The Hall–Kier alpha value is -1.07. The molecule has 1 aliphatic heterocycles. The van der Waals surface area contributed by atoms with Gasteiger partial charge in [0, 0.05) is 31.1 Å². The van der Waals surface area contributed by atoms with Gasteiger partial charge in [0.1, 0.15) is 9.84 Å². The average Bonchev–Trinajstić information content (AvgIpc) is 2.67. The van der Waals surface area contributed by atoms with E-state index in [1.165, 1.54) is 17.5 Å². The summed E-state index contributed by atoms with van der Waals surface area (Å²) in [6, 6.07) is 8.69. The van der Waals surface area contributed by atoms with Crippen LogP contribution in [0.3, 0.4) is 0 Å². The molecule has 0 aromatic heterocycles. The Kier molecular flexibility index (Phi) is 3.92. The predicted molar refractivity (Wildman–Crippen MR) is 74.8 cm³/mol. The predicted octanol–water partition coefficient (Wildman–Crippen LogP) is 1.000. The molecular formula is C13H20N2O2S. The van der Waals surface area contributed by atoms with Crippen molar-refractivity contribution in [3.8, 4) is 0 Å². The molecule has 1 heterocycles. The van der Waals surface area contributed by atoms with E-state index in [4.69, 9.17) is 0 Å². The largest absolute Gasteiger partial charge is 0.380 e. The van der Waals surface area contributed by atoms with E-state index in [-0.39, 0.29) is 5.75 Å². The summed E-state index contributed by atoms with van der Waals surface area (Å²) in [4.78, 5) is 2.07. The van der Waals surface area contributed by atoms with Crippen LogP contribution in [0.1, 0.15) is 5.56 Å². The molecule has 0 fully saturated rings. The number of rotatable bonds is 5. The maximum Gasteiger partial charge on any atom is 0.148 e. The van der Waals surface area contributed by atoms with Crippen LogP contribution in [0.5, 0.6) is 0 Å². The molecule has 4 nitrogen and oxygen atoms in total. The molecule has 0 saturated carbocycles. The third-order valence-electron chi connectivity index (χ3n) is 3.22. The molecule has 0 radical (unpaired) electrons. The SMILES string of the molecule is CN(CCS(C)(=O)=O)CC1Cc2ccccc2N1. The minimum atomic E-state index is -2.87. The van der Waals surface area contributed by atoms with E-state index in [9.17, 15) is 8.42 Å². The molecule has 5 heteroatoms. The average molecular weight is 268 g/mol. The second kappa shape index (κ2) is 5.28. The summed E-state index contributed by atoms with van der Waals surface area (Å²) < 4.78 is 22.2. The molecule has 0 spiro atoms.